The normalized spacial score (nSPS) is 19.3. The number of fused-ring (bicyclic) bond motifs is 3. The topological polar surface area (TPSA) is 159 Å². The Hall–Kier alpha value is -6.44. The van der Waals surface area contributed by atoms with Gasteiger partial charge in [0.2, 0.25) is 18.3 Å². The Morgan fingerprint density at radius 1 is 0.732 bits per heavy atom. The van der Waals surface area contributed by atoms with Crippen LogP contribution in [0.3, 0.4) is 0 Å². The average Bonchev–Trinajstić information content (AvgIpc) is 3.85. The van der Waals surface area contributed by atoms with Crippen molar-refractivity contribution in [3.8, 4) is 57.5 Å². The van der Waals surface area contributed by atoms with Gasteiger partial charge < -0.3 is 57.8 Å². The van der Waals surface area contributed by atoms with Crippen molar-refractivity contribution in [1.29, 1.82) is 0 Å². The molecule has 4 atom stereocenters. The van der Waals surface area contributed by atoms with Gasteiger partial charge in [0.25, 0.3) is 5.91 Å². The predicted molar refractivity (Wildman–Crippen MR) is 203 cm³/mol. The molecule has 294 valence electrons. The van der Waals surface area contributed by atoms with Crippen LogP contribution in [0.5, 0.6) is 57.5 Å². The maximum atomic E-state index is 14.9. The first-order valence-electron chi connectivity index (χ1n) is 17.8. The molecule has 0 unspecified atom stereocenters. The summed E-state index contributed by atoms with van der Waals surface area (Å²) in [7, 11) is 10.6. The molecule has 2 heterocycles. The Labute approximate surface area is 323 Å². The molecule has 4 aromatic rings. The first-order chi connectivity index (χ1) is 27.2. The van der Waals surface area contributed by atoms with Crippen molar-refractivity contribution < 1.29 is 62.1 Å². The molecule has 14 nitrogen and oxygen atoms in total. The van der Waals surface area contributed by atoms with Crippen LogP contribution in [-0.4, -0.2) is 80.2 Å². The molecule has 14 heteroatoms. The molecule has 4 aromatic carbocycles. The van der Waals surface area contributed by atoms with Crippen LogP contribution in [0.15, 0.2) is 54.6 Å². The van der Waals surface area contributed by atoms with Crippen molar-refractivity contribution in [3.63, 3.8) is 0 Å². The zero-order valence-corrected chi connectivity index (χ0v) is 32.1. The average molecular weight is 770 g/mol. The van der Waals surface area contributed by atoms with E-state index in [1.165, 1.54) is 41.6 Å². The number of hydrogen-bond acceptors (Lipinski definition) is 13. The van der Waals surface area contributed by atoms with Crippen LogP contribution in [0, 0.1) is 11.8 Å². The number of phenols is 1. The monoisotopic (exact) mass is 769 g/mol. The zero-order valence-electron chi connectivity index (χ0n) is 32.1. The largest absolute Gasteiger partial charge is 0.504 e. The van der Waals surface area contributed by atoms with Crippen molar-refractivity contribution in [1.82, 2.24) is 5.32 Å². The van der Waals surface area contributed by atoms with E-state index in [-0.39, 0.29) is 42.4 Å². The summed E-state index contributed by atoms with van der Waals surface area (Å²) in [6.45, 7) is 0.105. The summed E-state index contributed by atoms with van der Waals surface area (Å²) in [6.07, 6.45) is 2.04. The molecule has 0 aromatic heterocycles. The van der Waals surface area contributed by atoms with Gasteiger partial charge in [0.1, 0.15) is 0 Å². The molecule has 1 amide bonds. The minimum atomic E-state index is -0.700. The van der Waals surface area contributed by atoms with Gasteiger partial charge in [-0.2, -0.15) is 0 Å². The van der Waals surface area contributed by atoms with E-state index in [0.717, 1.165) is 16.7 Å². The summed E-state index contributed by atoms with van der Waals surface area (Å²) < 4.78 is 56.3. The van der Waals surface area contributed by atoms with Crippen molar-refractivity contribution >= 4 is 23.5 Å². The Balaban J connectivity index is 1.34. The summed E-state index contributed by atoms with van der Waals surface area (Å²) in [5, 5.41) is 13.9. The van der Waals surface area contributed by atoms with E-state index in [0.29, 0.717) is 63.5 Å². The molecule has 0 bridgehead atoms. The van der Waals surface area contributed by atoms with Gasteiger partial charge in [0.15, 0.2) is 46.0 Å². The van der Waals surface area contributed by atoms with Crippen LogP contribution in [0.1, 0.15) is 39.8 Å². The smallest absolute Gasteiger partial charge is 0.310 e. The van der Waals surface area contributed by atoms with Crippen LogP contribution in [0.25, 0.3) is 11.6 Å². The van der Waals surface area contributed by atoms with E-state index in [1.54, 1.807) is 44.6 Å². The van der Waals surface area contributed by atoms with E-state index in [1.807, 2.05) is 24.3 Å². The number of aromatic hydroxyl groups is 1. The number of cyclic esters (lactones) is 1. The molecule has 1 saturated heterocycles. The van der Waals surface area contributed by atoms with Gasteiger partial charge in [-0.25, -0.2) is 0 Å². The molecule has 0 radical (unpaired) electrons. The number of amides is 1. The highest BCUT2D eigenvalue weighted by Gasteiger charge is 2.52. The van der Waals surface area contributed by atoms with E-state index in [9.17, 15) is 14.7 Å². The molecular formula is C42H43NO13. The number of methoxy groups -OCH3 is 7. The molecular weight excluding hydrogens is 726 g/mol. The van der Waals surface area contributed by atoms with Crippen molar-refractivity contribution in [2.24, 2.45) is 11.8 Å². The Morgan fingerprint density at radius 2 is 1.30 bits per heavy atom. The highest BCUT2D eigenvalue weighted by atomic mass is 16.7. The van der Waals surface area contributed by atoms with Crippen LogP contribution in [0.2, 0.25) is 0 Å². The van der Waals surface area contributed by atoms with Gasteiger partial charge in [-0.3, -0.25) is 9.59 Å². The van der Waals surface area contributed by atoms with Crippen molar-refractivity contribution in [2.45, 2.75) is 18.4 Å². The first-order valence-corrected chi connectivity index (χ1v) is 17.8. The Kier molecular flexibility index (Phi) is 10.6. The first kappa shape index (κ1) is 37.9. The lowest BCUT2D eigenvalue weighted by atomic mass is 9.65. The van der Waals surface area contributed by atoms with Crippen molar-refractivity contribution in [3.05, 3.63) is 82.4 Å². The summed E-state index contributed by atoms with van der Waals surface area (Å²) in [5.41, 5.74) is 3.54. The van der Waals surface area contributed by atoms with Crippen molar-refractivity contribution in [2.75, 3.05) is 63.2 Å². The standard InChI is InChI=1S/C42H43NO13/c1-47-30-9-8-21(12-29(30)44)10-24(23-15-35(50-4)40(53-7)36(16-23)51-5)41(45)43-38-27-18-32-31(55-20-56-32)17-25(27)26(37-28(38)19-54-42(37)46)11-22-13-33(48-2)39(52-6)34(14-22)49-3/h8-10,12-18,26,28,37-38,44H,11,19-20H2,1-7H3,(H,43,45)/b24-10+/t26-,28+,37-,38-/m1/s1. The fourth-order valence-corrected chi connectivity index (χ4v) is 7.94. The lowest BCUT2D eigenvalue weighted by Crippen LogP contribution is -2.43. The van der Waals surface area contributed by atoms with E-state index < -0.39 is 23.8 Å². The van der Waals surface area contributed by atoms with Gasteiger partial charge >= 0.3 is 5.97 Å². The number of carbonyl (C=O) groups is 2. The number of phenolic OH excluding ortho intramolecular Hbond substituents is 1. The number of rotatable bonds is 13. The molecule has 0 saturated carbocycles. The number of hydrogen-bond donors (Lipinski definition) is 2. The van der Waals surface area contributed by atoms with Gasteiger partial charge in [-0.05, 0) is 88.8 Å². The lowest BCUT2D eigenvalue weighted by Gasteiger charge is -2.39. The number of esters is 1. The van der Waals surface area contributed by atoms with Crippen LogP contribution >= 0.6 is 0 Å². The second-order valence-corrected chi connectivity index (χ2v) is 13.4. The molecule has 1 fully saturated rings. The quantitative estimate of drug-likeness (QED) is 0.0969. The second-order valence-electron chi connectivity index (χ2n) is 13.4. The highest BCUT2D eigenvalue weighted by Crippen LogP contribution is 2.54. The Morgan fingerprint density at radius 3 is 1.86 bits per heavy atom. The molecule has 0 spiro atoms. The third kappa shape index (κ3) is 6.75. The summed E-state index contributed by atoms with van der Waals surface area (Å²) >= 11 is 0. The predicted octanol–water partition coefficient (Wildman–Crippen LogP) is 5.71. The Bertz CT molecular complexity index is 2150. The van der Waals surface area contributed by atoms with Crippen LogP contribution in [0.4, 0.5) is 0 Å². The van der Waals surface area contributed by atoms with Gasteiger partial charge in [-0.1, -0.05) is 6.07 Å². The molecule has 7 rings (SSSR count). The highest BCUT2D eigenvalue weighted by molar-refractivity contribution is 6.24. The fourth-order valence-electron chi connectivity index (χ4n) is 7.94. The second kappa shape index (κ2) is 15.7. The number of carbonyl (C=O) groups excluding carboxylic acids is 2. The van der Waals surface area contributed by atoms with Crippen LogP contribution < -0.4 is 47.9 Å². The summed E-state index contributed by atoms with van der Waals surface area (Å²) in [4.78, 5) is 28.6. The zero-order chi connectivity index (χ0) is 39.7. The minimum Gasteiger partial charge on any atom is -0.504 e. The van der Waals surface area contributed by atoms with Gasteiger partial charge in [0, 0.05) is 17.4 Å². The maximum Gasteiger partial charge on any atom is 0.310 e. The van der Waals surface area contributed by atoms with Gasteiger partial charge in [-0.15, -0.1) is 0 Å². The van der Waals surface area contributed by atoms with E-state index >= 15 is 0 Å². The third-order valence-corrected chi connectivity index (χ3v) is 10.5. The van der Waals surface area contributed by atoms with Gasteiger partial charge in [0.05, 0.1) is 68.3 Å². The summed E-state index contributed by atoms with van der Waals surface area (Å²) in [5.74, 6) is 1.31. The maximum absolute atomic E-state index is 14.9. The summed E-state index contributed by atoms with van der Waals surface area (Å²) in [6, 6.07) is 14.9. The minimum absolute atomic E-state index is 0.0322. The molecule has 3 aliphatic rings. The molecule has 2 aliphatic heterocycles. The molecule has 2 N–H and O–H groups in total. The number of ether oxygens (including phenoxy) is 10. The SMILES string of the molecule is COc1ccc(/C=C(/C(=O)N[C@@H]2c3cc4c(cc3[C@@H](Cc3cc(OC)c(OC)c(OC)c3)[C@H]3C(=O)OC[C@@H]32)OCO4)c2cc(OC)c(OC)c(OC)c2)cc1O. The molecule has 56 heavy (non-hydrogen) atoms. The molecule has 1 aliphatic carbocycles. The lowest BCUT2D eigenvalue weighted by molar-refractivity contribution is -0.142. The third-order valence-electron chi connectivity index (χ3n) is 10.5. The number of nitrogens with one attached hydrogen (secondary N) is 1. The van der Waals surface area contributed by atoms with E-state index in [2.05, 4.69) is 5.32 Å². The van der Waals surface area contributed by atoms with Crippen LogP contribution in [-0.2, 0) is 20.7 Å². The number of benzene rings is 4. The fraction of sp³-hybridized carbons (Fsp3) is 0.333. The van der Waals surface area contributed by atoms with E-state index in [4.69, 9.17) is 47.4 Å².